The molecule has 6 heteroatoms. The standard InChI is InChI=1S/C15H18N4O2/c1-15(14(20)21)5-2-7-19(15)10-12-3-4-13(17-9-12)18-8-6-16-11-18/h3-4,6,8-9,11H,2,5,7,10H2,1H3,(H,20,21). The van der Waals surface area contributed by atoms with Crippen LogP contribution in [-0.4, -0.2) is 42.6 Å². The molecular weight excluding hydrogens is 268 g/mol. The van der Waals surface area contributed by atoms with E-state index in [0.29, 0.717) is 13.0 Å². The van der Waals surface area contributed by atoms with E-state index in [1.165, 1.54) is 0 Å². The number of nitrogens with zero attached hydrogens (tertiary/aromatic N) is 4. The number of carboxylic acids is 1. The number of imidazole rings is 1. The number of hydrogen-bond acceptors (Lipinski definition) is 4. The first-order valence-corrected chi connectivity index (χ1v) is 7.01. The van der Waals surface area contributed by atoms with Crippen molar-refractivity contribution in [2.75, 3.05) is 6.54 Å². The van der Waals surface area contributed by atoms with Gasteiger partial charge in [0.2, 0.25) is 0 Å². The van der Waals surface area contributed by atoms with Crippen LogP contribution in [0.3, 0.4) is 0 Å². The summed E-state index contributed by atoms with van der Waals surface area (Å²) in [6.45, 7) is 3.22. The molecule has 110 valence electrons. The van der Waals surface area contributed by atoms with E-state index in [4.69, 9.17) is 0 Å². The van der Waals surface area contributed by atoms with E-state index < -0.39 is 11.5 Å². The van der Waals surface area contributed by atoms with Gasteiger partial charge in [-0.1, -0.05) is 6.07 Å². The molecule has 0 radical (unpaired) electrons. The van der Waals surface area contributed by atoms with Gasteiger partial charge in [-0.05, 0) is 37.9 Å². The molecule has 0 amide bonds. The number of carboxylic acid groups (broad SMARTS) is 1. The van der Waals surface area contributed by atoms with Crippen LogP contribution in [0, 0.1) is 0 Å². The van der Waals surface area contributed by atoms with E-state index in [2.05, 4.69) is 9.97 Å². The van der Waals surface area contributed by atoms with Gasteiger partial charge in [-0.25, -0.2) is 9.97 Å². The second-order valence-electron chi connectivity index (χ2n) is 5.60. The summed E-state index contributed by atoms with van der Waals surface area (Å²) in [5, 5.41) is 9.42. The molecule has 1 atom stereocenters. The molecule has 1 fully saturated rings. The lowest BCUT2D eigenvalue weighted by molar-refractivity contribution is -0.148. The summed E-state index contributed by atoms with van der Waals surface area (Å²) in [6.07, 6.45) is 8.66. The van der Waals surface area contributed by atoms with Crippen molar-refractivity contribution in [3.05, 3.63) is 42.6 Å². The minimum atomic E-state index is -0.761. The molecular formula is C15H18N4O2. The van der Waals surface area contributed by atoms with Gasteiger partial charge in [0.1, 0.15) is 17.7 Å². The number of pyridine rings is 1. The Bertz CT molecular complexity index is 624. The van der Waals surface area contributed by atoms with Gasteiger partial charge in [0, 0.05) is 25.1 Å². The van der Waals surface area contributed by atoms with E-state index in [0.717, 1.165) is 24.3 Å². The largest absolute Gasteiger partial charge is 0.480 e. The lowest BCUT2D eigenvalue weighted by atomic mass is 9.99. The zero-order valence-corrected chi connectivity index (χ0v) is 11.9. The Labute approximate surface area is 123 Å². The lowest BCUT2D eigenvalue weighted by Crippen LogP contribution is -2.47. The van der Waals surface area contributed by atoms with Crippen LogP contribution in [-0.2, 0) is 11.3 Å². The van der Waals surface area contributed by atoms with Gasteiger partial charge in [0.05, 0.1) is 0 Å². The molecule has 1 aliphatic rings. The fraction of sp³-hybridized carbons (Fsp3) is 0.400. The van der Waals surface area contributed by atoms with Crippen molar-refractivity contribution < 1.29 is 9.90 Å². The quantitative estimate of drug-likeness (QED) is 0.926. The van der Waals surface area contributed by atoms with E-state index in [9.17, 15) is 9.90 Å². The van der Waals surface area contributed by atoms with Crippen molar-refractivity contribution in [1.29, 1.82) is 0 Å². The maximum atomic E-state index is 11.5. The molecule has 2 aromatic heterocycles. The maximum absolute atomic E-state index is 11.5. The summed E-state index contributed by atoms with van der Waals surface area (Å²) in [5.41, 5.74) is 0.261. The van der Waals surface area contributed by atoms with Crippen LogP contribution in [0.15, 0.2) is 37.1 Å². The number of likely N-dealkylation sites (tertiary alicyclic amines) is 1. The van der Waals surface area contributed by atoms with Gasteiger partial charge < -0.3 is 5.11 Å². The summed E-state index contributed by atoms with van der Waals surface area (Å²) in [5.74, 6) is 0.0571. The minimum Gasteiger partial charge on any atom is -0.480 e. The fourth-order valence-corrected chi connectivity index (χ4v) is 2.79. The van der Waals surface area contributed by atoms with E-state index >= 15 is 0 Å². The number of aliphatic carboxylic acids is 1. The first-order valence-electron chi connectivity index (χ1n) is 7.01. The Kier molecular flexibility index (Phi) is 3.47. The third kappa shape index (κ3) is 2.54. The topological polar surface area (TPSA) is 71.2 Å². The van der Waals surface area contributed by atoms with E-state index in [-0.39, 0.29) is 0 Å². The normalized spacial score (nSPS) is 22.5. The van der Waals surface area contributed by atoms with Crippen molar-refractivity contribution >= 4 is 5.97 Å². The molecule has 3 heterocycles. The predicted octanol–water partition coefficient (Wildman–Crippen LogP) is 1.71. The summed E-state index contributed by atoms with van der Waals surface area (Å²) < 4.78 is 1.83. The Morgan fingerprint density at radius 1 is 1.48 bits per heavy atom. The van der Waals surface area contributed by atoms with Gasteiger partial charge in [-0.15, -0.1) is 0 Å². The SMILES string of the molecule is CC1(C(=O)O)CCCN1Cc1ccc(-n2ccnc2)nc1. The third-order valence-electron chi connectivity index (χ3n) is 4.20. The molecule has 1 unspecified atom stereocenters. The van der Waals surface area contributed by atoms with E-state index in [1.807, 2.05) is 27.8 Å². The zero-order chi connectivity index (χ0) is 14.9. The second kappa shape index (κ2) is 5.29. The highest BCUT2D eigenvalue weighted by Crippen LogP contribution is 2.30. The van der Waals surface area contributed by atoms with Crippen molar-refractivity contribution in [3.8, 4) is 5.82 Å². The molecule has 3 rings (SSSR count). The lowest BCUT2D eigenvalue weighted by Gasteiger charge is -2.31. The highest BCUT2D eigenvalue weighted by atomic mass is 16.4. The summed E-state index contributed by atoms with van der Waals surface area (Å²) >= 11 is 0. The molecule has 21 heavy (non-hydrogen) atoms. The number of hydrogen-bond donors (Lipinski definition) is 1. The van der Waals surface area contributed by atoms with Gasteiger partial charge >= 0.3 is 5.97 Å². The summed E-state index contributed by atoms with van der Waals surface area (Å²) in [6, 6.07) is 3.91. The Hall–Kier alpha value is -2.21. The first-order chi connectivity index (χ1) is 10.1. The Morgan fingerprint density at radius 2 is 2.33 bits per heavy atom. The second-order valence-corrected chi connectivity index (χ2v) is 5.60. The van der Waals surface area contributed by atoms with Crippen molar-refractivity contribution in [3.63, 3.8) is 0 Å². The molecule has 2 aromatic rings. The Morgan fingerprint density at radius 3 is 2.95 bits per heavy atom. The van der Waals surface area contributed by atoms with E-state index in [1.54, 1.807) is 25.6 Å². The van der Waals surface area contributed by atoms with Crippen LogP contribution in [0.2, 0.25) is 0 Å². The molecule has 0 spiro atoms. The highest BCUT2D eigenvalue weighted by molar-refractivity contribution is 5.78. The monoisotopic (exact) mass is 286 g/mol. The Balaban J connectivity index is 1.75. The first kappa shape index (κ1) is 13.8. The van der Waals surface area contributed by atoms with Crippen LogP contribution in [0.5, 0.6) is 0 Å². The smallest absolute Gasteiger partial charge is 0.323 e. The average molecular weight is 286 g/mol. The van der Waals surface area contributed by atoms with Gasteiger partial charge in [-0.2, -0.15) is 0 Å². The number of carbonyl (C=O) groups is 1. The molecule has 0 saturated carbocycles. The minimum absolute atomic E-state index is 0.611. The van der Waals surface area contributed by atoms with Crippen LogP contribution >= 0.6 is 0 Å². The predicted molar refractivity (Wildman–Crippen MR) is 77.0 cm³/mol. The molecule has 6 nitrogen and oxygen atoms in total. The van der Waals surface area contributed by atoms with Crippen molar-refractivity contribution in [2.24, 2.45) is 0 Å². The summed E-state index contributed by atoms with van der Waals surface area (Å²) in [7, 11) is 0. The van der Waals surface area contributed by atoms with Gasteiger partial charge in [0.25, 0.3) is 0 Å². The zero-order valence-electron chi connectivity index (χ0n) is 11.9. The van der Waals surface area contributed by atoms with Crippen LogP contribution in [0.1, 0.15) is 25.3 Å². The van der Waals surface area contributed by atoms with Crippen LogP contribution in [0.4, 0.5) is 0 Å². The molecule has 1 aliphatic heterocycles. The molecule has 0 aromatic carbocycles. The summed E-state index contributed by atoms with van der Waals surface area (Å²) in [4.78, 5) is 21.9. The number of aromatic nitrogens is 3. The fourth-order valence-electron chi connectivity index (χ4n) is 2.79. The highest BCUT2D eigenvalue weighted by Gasteiger charge is 2.43. The van der Waals surface area contributed by atoms with Crippen LogP contribution < -0.4 is 0 Å². The van der Waals surface area contributed by atoms with Crippen LogP contribution in [0.25, 0.3) is 5.82 Å². The maximum Gasteiger partial charge on any atom is 0.323 e. The molecule has 0 aliphatic carbocycles. The van der Waals surface area contributed by atoms with Gasteiger partial charge in [-0.3, -0.25) is 14.3 Å². The van der Waals surface area contributed by atoms with Crippen molar-refractivity contribution in [2.45, 2.75) is 31.8 Å². The molecule has 1 saturated heterocycles. The average Bonchev–Trinajstić information content (AvgIpc) is 3.11. The number of rotatable bonds is 4. The third-order valence-corrected chi connectivity index (χ3v) is 4.20. The van der Waals surface area contributed by atoms with Gasteiger partial charge in [0.15, 0.2) is 0 Å². The van der Waals surface area contributed by atoms with Crippen molar-refractivity contribution in [1.82, 2.24) is 19.4 Å². The molecule has 1 N–H and O–H groups in total. The molecule has 0 bridgehead atoms.